The number of halogens is 2. The summed E-state index contributed by atoms with van der Waals surface area (Å²) < 4.78 is 13.6. The topological polar surface area (TPSA) is 12.0 Å². The van der Waals surface area contributed by atoms with Gasteiger partial charge in [-0.05, 0) is 31.0 Å². The Morgan fingerprint density at radius 2 is 2.17 bits per heavy atom. The van der Waals surface area contributed by atoms with Crippen LogP contribution in [0.2, 0.25) is 5.02 Å². The van der Waals surface area contributed by atoms with Crippen molar-refractivity contribution in [2.75, 3.05) is 13.1 Å². The first-order valence-corrected chi connectivity index (χ1v) is 6.76. The number of hydrogen-bond acceptors (Lipinski definition) is 1. The van der Waals surface area contributed by atoms with E-state index in [0.29, 0.717) is 16.5 Å². The van der Waals surface area contributed by atoms with Crippen LogP contribution >= 0.6 is 11.6 Å². The fourth-order valence-electron chi connectivity index (χ4n) is 1.64. The van der Waals surface area contributed by atoms with Crippen molar-refractivity contribution >= 4 is 17.7 Å². The Hall–Kier alpha value is -0.860. The molecule has 1 N–H and O–H groups in total. The maximum atomic E-state index is 13.6. The quantitative estimate of drug-likeness (QED) is 0.801. The van der Waals surface area contributed by atoms with Gasteiger partial charge in [0.15, 0.2) is 0 Å². The summed E-state index contributed by atoms with van der Waals surface area (Å²) in [5, 5.41) is 3.80. The minimum absolute atomic E-state index is 0.266. The Labute approximate surface area is 114 Å². The first-order chi connectivity index (χ1) is 8.52. The van der Waals surface area contributed by atoms with Crippen molar-refractivity contribution in [1.29, 1.82) is 0 Å². The van der Waals surface area contributed by atoms with E-state index in [1.54, 1.807) is 12.1 Å². The molecule has 100 valence electrons. The molecule has 3 heteroatoms. The Bertz CT molecular complexity index is 413. The smallest absolute Gasteiger partial charge is 0.131 e. The van der Waals surface area contributed by atoms with Crippen LogP contribution in [-0.2, 0) is 0 Å². The summed E-state index contributed by atoms with van der Waals surface area (Å²) in [5.74, 6) is 0.354. The lowest BCUT2D eigenvalue weighted by Crippen LogP contribution is -2.21. The number of nitrogens with one attached hydrogen (secondary N) is 1. The van der Waals surface area contributed by atoms with Crippen LogP contribution in [0.1, 0.15) is 32.8 Å². The summed E-state index contributed by atoms with van der Waals surface area (Å²) >= 11 is 5.73. The minimum atomic E-state index is -0.266. The lowest BCUT2D eigenvalue weighted by molar-refractivity contribution is 0.569. The van der Waals surface area contributed by atoms with Crippen LogP contribution in [0.15, 0.2) is 23.8 Å². The molecule has 0 bridgehead atoms. The number of hydrogen-bond donors (Lipinski definition) is 1. The number of benzene rings is 1. The zero-order chi connectivity index (χ0) is 13.5. The molecule has 0 aliphatic carbocycles. The van der Waals surface area contributed by atoms with Crippen molar-refractivity contribution in [2.24, 2.45) is 5.92 Å². The molecule has 0 aliphatic rings. The summed E-state index contributed by atoms with van der Waals surface area (Å²) in [6.45, 7) is 8.19. The molecule has 1 aromatic carbocycles. The highest BCUT2D eigenvalue weighted by Gasteiger charge is 2.02. The predicted octanol–water partition coefficient (Wildman–Crippen LogP) is 4.52. The predicted molar refractivity (Wildman–Crippen MR) is 77.4 cm³/mol. The van der Waals surface area contributed by atoms with Gasteiger partial charge in [-0.2, -0.15) is 0 Å². The van der Waals surface area contributed by atoms with Gasteiger partial charge < -0.3 is 5.32 Å². The third-order valence-corrected chi connectivity index (χ3v) is 2.92. The van der Waals surface area contributed by atoms with Gasteiger partial charge in [-0.3, -0.25) is 0 Å². The van der Waals surface area contributed by atoms with Crippen molar-refractivity contribution in [1.82, 2.24) is 5.32 Å². The maximum absolute atomic E-state index is 13.6. The lowest BCUT2D eigenvalue weighted by Gasteiger charge is -2.10. The molecular weight excluding hydrogens is 249 g/mol. The second-order valence-corrected chi connectivity index (χ2v) is 5.28. The van der Waals surface area contributed by atoms with E-state index in [0.717, 1.165) is 19.5 Å². The van der Waals surface area contributed by atoms with Crippen LogP contribution in [0.3, 0.4) is 0 Å². The van der Waals surface area contributed by atoms with Crippen molar-refractivity contribution in [3.8, 4) is 0 Å². The van der Waals surface area contributed by atoms with E-state index in [2.05, 4.69) is 26.1 Å². The molecule has 0 aromatic heterocycles. The Morgan fingerprint density at radius 1 is 1.44 bits per heavy atom. The van der Waals surface area contributed by atoms with Crippen LogP contribution < -0.4 is 5.32 Å². The van der Waals surface area contributed by atoms with Gasteiger partial charge in [-0.25, -0.2) is 4.39 Å². The summed E-state index contributed by atoms with van der Waals surface area (Å²) in [6, 6.07) is 4.78. The summed E-state index contributed by atoms with van der Waals surface area (Å²) in [6.07, 6.45) is 2.81. The van der Waals surface area contributed by atoms with Crippen LogP contribution in [-0.4, -0.2) is 13.1 Å². The molecule has 1 nitrogen and oxygen atoms in total. The van der Waals surface area contributed by atoms with Gasteiger partial charge in [0.25, 0.3) is 0 Å². The molecule has 0 fully saturated rings. The fraction of sp³-hybridized carbons (Fsp3) is 0.467. The molecule has 0 amide bonds. The van der Waals surface area contributed by atoms with E-state index in [1.807, 2.05) is 6.08 Å². The molecule has 0 spiro atoms. The molecule has 0 atom stereocenters. The Kier molecular flexibility index (Phi) is 6.37. The van der Waals surface area contributed by atoms with Gasteiger partial charge in [0.2, 0.25) is 0 Å². The largest absolute Gasteiger partial charge is 0.313 e. The molecule has 0 radical (unpaired) electrons. The molecule has 1 rings (SSSR count). The van der Waals surface area contributed by atoms with Crippen LogP contribution in [0.4, 0.5) is 4.39 Å². The zero-order valence-corrected chi connectivity index (χ0v) is 12.0. The van der Waals surface area contributed by atoms with Crippen molar-refractivity contribution in [2.45, 2.75) is 27.2 Å². The van der Waals surface area contributed by atoms with E-state index >= 15 is 0 Å². The van der Waals surface area contributed by atoms with E-state index in [4.69, 9.17) is 11.6 Å². The van der Waals surface area contributed by atoms with Gasteiger partial charge in [0.05, 0.1) is 0 Å². The van der Waals surface area contributed by atoms with E-state index in [1.165, 1.54) is 11.6 Å². The van der Waals surface area contributed by atoms with Crippen molar-refractivity contribution < 1.29 is 4.39 Å². The van der Waals surface area contributed by atoms with Gasteiger partial charge in [0.1, 0.15) is 5.82 Å². The highest BCUT2D eigenvalue weighted by atomic mass is 35.5. The molecule has 0 saturated heterocycles. The maximum Gasteiger partial charge on any atom is 0.131 e. The first kappa shape index (κ1) is 15.2. The van der Waals surface area contributed by atoms with Crippen LogP contribution in [0, 0.1) is 11.7 Å². The van der Waals surface area contributed by atoms with E-state index in [-0.39, 0.29) is 5.82 Å². The summed E-state index contributed by atoms with van der Waals surface area (Å²) in [4.78, 5) is 0. The second-order valence-electron chi connectivity index (χ2n) is 4.85. The SMILES string of the molecule is CC/C(=C/c1ccc(Cl)cc1F)CNCC(C)C. The van der Waals surface area contributed by atoms with E-state index < -0.39 is 0 Å². The Morgan fingerprint density at radius 3 is 2.72 bits per heavy atom. The zero-order valence-electron chi connectivity index (χ0n) is 11.3. The molecule has 0 unspecified atom stereocenters. The van der Waals surface area contributed by atoms with Crippen molar-refractivity contribution in [3.05, 3.63) is 40.2 Å². The molecule has 18 heavy (non-hydrogen) atoms. The molecule has 0 heterocycles. The van der Waals surface area contributed by atoms with Gasteiger partial charge in [-0.1, -0.05) is 50.1 Å². The summed E-state index contributed by atoms with van der Waals surface area (Å²) in [7, 11) is 0. The fourth-order valence-corrected chi connectivity index (χ4v) is 1.80. The molecule has 0 saturated carbocycles. The first-order valence-electron chi connectivity index (χ1n) is 6.38. The minimum Gasteiger partial charge on any atom is -0.313 e. The molecule has 1 aromatic rings. The highest BCUT2D eigenvalue weighted by molar-refractivity contribution is 6.30. The van der Waals surface area contributed by atoms with E-state index in [9.17, 15) is 4.39 Å². The lowest BCUT2D eigenvalue weighted by atomic mass is 10.1. The average Bonchev–Trinajstić information content (AvgIpc) is 2.30. The third-order valence-electron chi connectivity index (χ3n) is 2.68. The third kappa shape index (κ3) is 5.19. The monoisotopic (exact) mass is 269 g/mol. The molecule has 0 aliphatic heterocycles. The standard InChI is InChI=1S/C15H21ClFN/c1-4-12(10-18-9-11(2)3)7-13-5-6-14(16)8-15(13)17/h5-8,11,18H,4,9-10H2,1-3H3/b12-7-. The summed E-state index contributed by atoms with van der Waals surface area (Å²) in [5.41, 5.74) is 1.79. The number of rotatable bonds is 6. The normalized spacial score (nSPS) is 12.2. The van der Waals surface area contributed by atoms with Crippen molar-refractivity contribution in [3.63, 3.8) is 0 Å². The van der Waals surface area contributed by atoms with Gasteiger partial charge in [-0.15, -0.1) is 0 Å². The molecular formula is C15H21ClFN. The van der Waals surface area contributed by atoms with Gasteiger partial charge >= 0.3 is 0 Å². The highest BCUT2D eigenvalue weighted by Crippen LogP contribution is 2.18. The average molecular weight is 270 g/mol. The van der Waals surface area contributed by atoms with Gasteiger partial charge in [0, 0.05) is 17.1 Å². The van der Waals surface area contributed by atoms with Crippen LogP contribution in [0.5, 0.6) is 0 Å². The second kappa shape index (κ2) is 7.55. The van der Waals surface area contributed by atoms with Crippen LogP contribution in [0.25, 0.3) is 6.08 Å². The Balaban J connectivity index is 2.71.